The molecule has 1 aliphatic carbocycles. The van der Waals surface area contributed by atoms with Crippen LogP contribution in [0.25, 0.3) is 5.65 Å². The maximum atomic E-state index is 12.9. The van der Waals surface area contributed by atoms with E-state index >= 15 is 0 Å². The summed E-state index contributed by atoms with van der Waals surface area (Å²) >= 11 is 0. The topological polar surface area (TPSA) is 52.9 Å². The van der Waals surface area contributed by atoms with E-state index in [1.807, 2.05) is 29.3 Å². The van der Waals surface area contributed by atoms with Crippen LogP contribution in [0.4, 0.5) is 4.79 Å². The van der Waals surface area contributed by atoms with Gasteiger partial charge in [0.05, 0.1) is 5.69 Å². The Hall–Kier alpha value is -2.86. The lowest BCUT2D eigenvalue weighted by atomic mass is 9.79. The number of nitrogens with one attached hydrogen (secondary N) is 1. The summed E-state index contributed by atoms with van der Waals surface area (Å²) < 4.78 is 2.06. The van der Waals surface area contributed by atoms with Crippen LogP contribution < -0.4 is 5.32 Å². The monoisotopic (exact) mass is 417 g/mol. The number of imidazole rings is 1. The predicted molar refractivity (Wildman–Crippen MR) is 122 cm³/mol. The molecule has 1 saturated heterocycles. The highest BCUT2D eigenvalue weighted by Crippen LogP contribution is 2.40. The molecule has 31 heavy (non-hydrogen) atoms. The molecular weight excluding hydrogens is 386 g/mol. The van der Waals surface area contributed by atoms with E-state index < -0.39 is 0 Å². The lowest BCUT2D eigenvalue weighted by Crippen LogP contribution is -2.53. The Morgan fingerprint density at radius 2 is 1.71 bits per heavy atom. The smallest absolute Gasteiger partial charge is 0.317 e. The van der Waals surface area contributed by atoms with Crippen LogP contribution in [0.5, 0.6) is 0 Å². The molecule has 2 aliphatic rings. The average Bonchev–Trinajstić information content (AvgIpc) is 3.46. The number of amides is 2. The van der Waals surface area contributed by atoms with Crippen LogP contribution in [0.2, 0.25) is 0 Å². The van der Waals surface area contributed by atoms with E-state index in [9.17, 15) is 4.79 Å². The van der Waals surface area contributed by atoms with Crippen molar-refractivity contribution in [3.63, 3.8) is 0 Å². The van der Waals surface area contributed by atoms with Crippen LogP contribution in [-0.2, 0) is 12.0 Å². The third-order valence-electron chi connectivity index (χ3n) is 6.98. The van der Waals surface area contributed by atoms with E-state index in [4.69, 9.17) is 4.98 Å². The van der Waals surface area contributed by atoms with Crippen molar-refractivity contribution in [3.8, 4) is 0 Å². The van der Waals surface area contributed by atoms with Gasteiger partial charge >= 0.3 is 6.03 Å². The Labute approximate surface area is 183 Å². The highest BCUT2D eigenvalue weighted by atomic mass is 16.2. The molecule has 2 fully saturated rings. The summed E-state index contributed by atoms with van der Waals surface area (Å²) in [6.45, 7) is 4.84. The molecule has 0 bridgehead atoms. The molecule has 3 heterocycles. The fraction of sp³-hybridized carbons (Fsp3) is 0.440. The Morgan fingerprint density at radius 3 is 2.45 bits per heavy atom. The van der Waals surface area contributed by atoms with Crippen molar-refractivity contribution in [1.29, 1.82) is 0 Å². The average molecular weight is 418 g/mol. The largest absolute Gasteiger partial charge is 0.337 e. The maximum absolute atomic E-state index is 12.9. The second kappa shape index (κ2) is 8.71. The molecular formula is C25H31N5O. The van der Waals surface area contributed by atoms with Gasteiger partial charge in [0, 0.05) is 57.1 Å². The minimum atomic E-state index is 0.0783. The van der Waals surface area contributed by atoms with E-state index in [2.05, 4.69) is 51.1 Å². The number of carbonyl (C=O) groups excluding carboxylic acids is 1. The molecule has 1 aromatic carbocycles. The highest BCUT2D eigenvalue weighted by molar-refractivity contribution is 5.74. The quantitative estimate of drug-likeness (QED) is 0.689. The fourth-order valence-corrected chi connectivity index (χ4v) is 5.17. The van der Waals surface area contributed by atoms with E-state index in [1.165, 1.54) is 18.4 Å². The molecule has 0 radical (unpaired) electrons. The van der Waals surface area contributed by atoms with E-state index in [1.54, 1.807) is 0 Å². The van der Waals surface area contributed by atoms with Crippen LogP contribution in [0.1, 0.15) is 36.9 Å². The molecule has 2 aromatic heterocycles. The molecule has 0 unspecified atom stereocenters. The number of urea groups is 1. The second-order valence-corrected chi connectivity index (χ2v) is 8.97. The lowest BCUT2D eigenvalue weighted by molar-refractivity contribution is 0.133. The predicted octanol–water partition coefficient (Wildman–Crippen LogP) is 3.67. The zero-order valence-corrected chi connectivity index (χ0v) is 18.0. The first-order chi connectivity index (χ1) is 15.2. The molecule has 5 rings (SSSR count). The Morgan fingerprint density at radius 1 is 0.968 bits per heavy atom. The van der Waals surface area contributed by atoms with Crippen LogP contribution in [0.15, 0.2) is 60.9 Å². The van der Waals surface area contributed by atoms with Crippen LogP contribution in [-0.4, -0.2) is 57.9 Å². The second-order valence-electron chi connectivity index (χ2n) is 8.97. The molecule has 1 saturated carbocycles. The number of benzene rings is 1. The molecule has 3 aromatic rings. The molecule has 1 aliphatic heterocycles. The van der Waals surface area contributed by atoms with Gasteiger partial charge in [0.25, 0.3) is 0 Å². The van der Waals surface area contributed by atoms with Gasteiger partial charge in [-0.2, -0.15) is 0 Å². The minimum Gasteiger partial charge on any atom is -0.337 e. The van der Waals surface area contributed by atoms with Crippen molar-refractivity contribution in [2.24, 2.45) is 0 Å². The Bertz CT molecular complexity index is 984. The summed E-state index contributed by atoms with van der Waals surface area (Å²) in [5.74, 6) is 0. The lowest BCUT2D eigenvalue weighted by Gasteiger charge is -2.36. The van der Waals surface area contributed by atoms with Crippen LogP contribution in [0.3, 0.4) is 0 Å². The number of hydrogen-bond acceptors (Lipinski definition) is 3. The first-order valence-electron chi connectivity index (χ1n) is 11.5. The van der Waals surface area contributed by atoms with E-state index in [0.29, 0.717) is 0 Å². The number of fused-ring (bicyclic) bond motifs is 1. The first-order valence-corrected chi connectivity index (χ1v) is 11.5. The fourth-order valence-electron chi connectivity index (χ4n) is 5.17. The SMILES string of the molecule is O=C(NCC1(c2ccccc2)CCCC1)N1CCN(Cc2cn3ccccc3n2)CC1. The van der Waals surface area contributed by atoms with Crippen molar-refractivity contribution in [3.05, 3.63) is 72.2 Å². The summed E-state index contributed by atoms with van der Waals surface area (Å²) in [6, 6.07) is 16.9. The van der Waals surface area contributed by atoms with Crippen molar-refractivity contribution in [1.82, 2.24) is 24.5 Å². The van der Waals surface area contributed by atoms with Crippen molar-refractivity contribution < 1.29 is 4.79 Å². The van der Waals surface area contributed by atoms with Crippen LogP contribution >= 0.6 is 0 Å². The number of pyridine rings is 1. The molecule has 0 spiro atoms. The number of piperazine rings is 1. The van der Waals surface area contributed by atoms with Gasteiger partial charge < -0.3 is 14.6 Å². The molecule has 0 atom stereocenters. The maximum Gasteiger partial charge on any atom is 0.317 e. The van der Waals surface area contributed by atoms with Crippen molar-refractivity contribution in [2.45, 2.75) is 37.6 Å². The molecule has 6 nitrogen and oxygen atoms in total. The Balaban J connectivity index is 1.14. The van der Waals surface area contributed by atoms with Crippen molar-refractivity contribution in [2.75, 3.05) is 32.7 Å². The van der Waals surface area contributed by atoms with Gasteiger partial charge in [-0.3, -0.25) is 4.90 Å². The van der Waals surface area contributed by atoms with Gasteiger partial charge in [0.1, 0.15) is 5.65 Å². The minimum absolute atomic E-state index is 0.0783. The summed E-state index contributed by atoms with van der Waals surface area (Å²) in [7, 11) is 0. The Kier molecular flexibility index (Phi) is 5.64. The number of rotatable bonds is 5. The van der Waals surface area contributed by atoms with E-state index in [-0.39, 0.29) is 11.4 Å². The van der Waals surface area contributed by atoms with Crippen molar-refractivity contribution >= 4 is 11.7 Å². The molecule has 6 heteroatoms. The van der Waals surface area contributed by atoms with E-state index in [0.717, 1.165) is 63.5 Å². The summed E-state index contributed by atoms with van der Waals surface area (Å²) in [5, 5.41) is 3.27. The zero-order chi connectivity index (χ0) is 21.1. The molecule has 2 amide bonds. The van der Waals surface area contributed by atoms with Gasteiger partial charge in [0.15, 0.2) is 0 Å². The van der Waals surface area contributed by atoms with Crippen LogP contribution in [0, 0.1) is 0 Å². The zero-order valence-electron chi connectivity index (χ0n) is 18.0. The number of nitrogens with zero attached hydrogens (tertiary/aromatic N) is 4. The summed E-state index contributed by atoms with van der Waals surface area (Å²) in [5.41, 5.74) is 3.52. The normalized spacial score (nSPS) is 19.0. The number of carbonyl (C=O) groups is 1. The first kappa shape index (κ1) is 20.1. The van der Waals surface area contributed by atoms with Gasteiger partial charge in [-0.25, -0.2) is 9.78 Å². The van der Waals surface area contributed by atoms with Gasteiger partial charge in [0.2, 0.25) is 0 Å². The summed E-state index contributed by atoms with van der Waals surface area (Å²) in [4.78, 5) is 21.9. The standard InChI is InChI=1S/C25H31N5O/c31-24(26-20-25(11-5-6-12-25)21-8-2-1-3-9-21)29-16-14-28(15-17-29)18-22-19-30-13-7-4-10-23(30)27-22/h1-4,7-10,13,19H,5-6,11-12,14-18,20H2,(H,26,31). The summed E-state index contributed by atoms with van der Waals surface area (Å²) in [6.07, 6.45) is 8.92. The third kappa shape index (κ3) is 4.30. The molecule has 1 N–H and O–H groups in total. The van der Waals surface area contributed by atoms with Gasteiger partial charge in [-0.15, -0.1) is 0 Å². The number of aromatic nitrogens is 2. The highest BCUT2D eigenvalue weighted by Gasteiger charge is 2.36. The van der Waals surface area contributed by atoms with Gasteiger partial charge in [-0.05, 0) is 30.5 Å². The number of hydrogen-bond donors (Lipinski definition) is 1. The molecule has 162 valence electrons. The van der Waals surface area contributed by atoms with Gasteiger partial charge in [-0.1, -0.05) is 49.2 Å². The third-order valence-corrected chi connectivity index (χ3v) is 6.98.